The van der Waals surface area contributed by atoms with E-state index in [2.05, 4.69) is 0 Å². The fourth-order valence-electron chi connectivity index (χ4n) is 2.61. The van der Waals surface area contributed by atoms with Crippen molar-refractivity contribution in [2.24, 2.45) is 0 Å². The van der Waals surface area contributed by atoms with Crippen LogP contribution in [0, 0.1) is 5.82 Å². The van der Waals surface area contributed by atoms with Gasteiger partial charge < -0.3 is 10.5 Å². The highest BCUT2D eigenvalue weighted by Gasteiger charge is 2.39. The van der Waals surface area contributed by atoms with Crippen LogP contribution in [0.5, 0.6) is 0 Å². The summed E-state index contributed by atoms with van der Waals surface area (Å²) in [6.07, 6.45) is 1.74. The van der Waals surface area contributed by atoms with Crippen LogP contribution in [-0.2, 0) is 14.8 Å². The summed E-state index contributed by atoms with van der Waals surface area (Å²) in [6.45, 7) is 0.715. The van der Waals surface area contributed by atoms with Gasteiger partial charge in [-0.3, -0.25) is 0 Å². The lowest BCUT2D eigenvalue weighted by molar-refractivity contribution is -0.0114. The molecular weight excluding hydrogens is 271 g/mol. The normalized spacial score (nSPS) is 27.6. The highest BCUT2D eigenvalue weighted by Crippen LogP contribution is 2.30. The van der Waals surface area contributed by atoms with Crippen molar-refractivity contribution in [2.75, 3.05) is 18.8 Å². The van der Waals surface area contributed by atoms with Gasteiger partial charge in [0.15, 0.2) is 0 Å². The molecule has 2 heterocycles. The molecule has 104 valence electrons. The van der Waals surface area contributed by atoms with Crippen molar-refractivity contribution in [1.29, 1.82) is 0 Å². The van der Waals surface area contributed by atoms with Crippen LogP contribution in [0.2, 0.25) is 0 Å². The van der Waals surface area contributed by atoms with Crippen LogP contribution in [0.4, 0.5) is 10.1 Å². The zero-order valence-corrected chi connectivity index (χ0v) is 11.1. The third-order valence-electron chi connectivity index (χ3n) is 3.62. The van der Waals surface area contributed by atoms with E-state index in [1.807, 2.05) is 0 Å². The van der Waals surface area contributed by atoms with Crippen molar-refractivity contribution in [3.05, 3.63) is 24.0 Å². The summed E-state index contributed by atoms with van der Waals surface area (Å²) in [4.78, 5) is 0.0349. The number of hydrogen-bond acceptors (Lipinski definition) is 4. The lowest BCUT2D eigenvalue weighted by Crippen LogP contribution is -2.45. The number of nitrogen functional groups attached to an aromatic ring is 1. The number of rotatable bonds is 2. The van der Waals surface area contributed by atoms with Crippen molar-refractivity contribution in [3.63, 3.8) is 0 Å². The zero-order valence-electron chi connectivity index (χ0n) is 10.3. The Balaban J connectivity index is 1.91. The molecule has 2 aliphatic rings. The first-order valence-corrected chi connectivity index (χ1v) is 7.61. The Morgan fingerprint density at radius 1 is 1.26 bits per heavy atom. The summed E-state index contributed by atoms with van der Waals surface area (Å²) in [5.74, 6) is -0.610. The molecule has 5 nitrogen and oxygen atoms in total. The molecule has 0 spiro atoms. The van der Waals surface area contributed by atoms with E-state index in [9.17, 15) is 12.8 Å². The predicted molar refractivity (Wildman–Crippen MR) is 67.5 cm³/mol. The summed E-state index contributed by atoms with van der Waals surface area (Å²) in [6, 6.07) is 3.50. The maximum absolute atomic E-state index is 13.1. The topological polar surface area (TPSA) is 72.6 Å². The van der Waals surface area contributed by atoms with Gasteiger partial charge in [0.1, 0.15) is 5.82 Å². The van der Waals surface area contributed by atoms with E-state index in [4.69, 9.17) is 10.5 Å². The van der Waals surface area contributed by atoms with Crippen LogP contribution in [0.25, 0.3) is 0 Å². The SMILES string of the molecule is Nc1cc(S(=O)(=O)N2CC3CCC(C2)O3)ccc1F. The fourth-order valence-corrected chi connectivity index (χ4v) is 4.14. The van der Waals surface area contributed by atoms with Crippen molar-refractivity contribution in [1.82, 2.24) is 4.31 Å². The second kappa shape index (κ2) is 4.43. The Hall–Kier alpha value is -1.18. The van der Waals surface area contributed by atoms with E-state index in [1.165, 1.54) is 16.4 Å². The Morgan fingerprint density at radius 3 is 2.47 bits per heavy atom. The molecule has 7 heteroatoms. The second-order valence-corrected chi connectivity index (χ2v) is 6.90. The van der Waals surface area contributed by atoms with E-state index in [1.54, 1.807) is 0 Å². The highest BCUT2D eigenvalue weighted by atomic mass is 32.2. The van der Waals surface area contributed by atoms with Gasteiger partial charge in [0, 0.05) is 13.1 Å². The van der Waals surface area contributed by atoms with Crippen LogP contribution in [-0.4, -0.2) is 38.0 Å². The molecule has 2 atom stereocenters. The van der Waals surface area contributed by atoms with Crippen LogP contribution in [0.15, 0.2) is 23.1 Å². The van der Waals surface area contributed by atoms with Crippen LogP contribution in [0.1, 0.15) is 12.8 Å². The number of benzene rings is 1. The molecule has 1 aromatic carbocycles. The fraction of sp³-hybridized carbons (Fsp3) is 0.500. The molecule has 2 bridgehead atoms. The lowest BCUT2D eigenvalue weighted by atomic mass is 10.2. The smallest absolute Gasteiger partial charge is 0.243 e. The van der Waals surface area contributed by atoms with Gasteiger partial charge >= 0.3 is 0 Å². The van der Waals surface area contributed by atoms with Crippen molar-refractivity contribution < 1.29 is 17.5 Å². The van der Waals surface area contributed by atoms with E-state index in [-0.39, 0.29) is 22.8 Å². The largest absolute Gasteiger partial charge is 0.396 e. The minimum absolute atomic E-state index is 0.0219. The molecule has 2 unspecified atom stereocenters. The quantitative estimate of drug-likeness (QED) is 0.822. The highest BCUT2D eigenvalue weighted by molar-refractivity contribution is 7.89. The monoisotopic (exact) mass is 286 g/mol. The number of sulfonamides is 1. The molecule has 3 rings (SSSR count). The van der Waals surface area contributed by atoms with E-state index >= 15 is 0 Å². The summed E-state index contributed by atoms with van der Waals surface area (Å²) in [5.41, 5.74) is 5.28. The van der Waals surface area contributed by atoms with Gasteiger partial charge in [-0.15, -0.1) is 0 Å². The average molecular weight is 286 g/mol. The number of ether oxygens (including phenoxy) is 1. The van der Waals surface area contributed by atoms with E-state index in [0.29, 0.717) is 13.1 Å². The number of fused-ring (bicyclic) bond motifs is 2. The Morgan fingerprint density at radius 2 is 1.89 bits per heavy atom. The summed E-state index contributed by atoms with van der Waals surface area (Å²) >= 11 is 0. The minimum atomic E-state index is -3.62. The second-order valence-electron chi connectivity index (χ2n) is 4.96. The Bertz CT molecular complexity index is 593. The Labute approximate surface area is 111 Å². The maximum atomic E-state index is 13.1. The van der Waals surface area contributed by atoms with Gasteiger partial charge in [0.2, 0.25) is 10.0 Å². The molecule has 2 N–H and O–H groups in total. The molecule has 19 heavy (non-hydrogen) atoms. The van der Waals surface area contributed by atoms with Gasteiger partial charge in [0.05, 0.1) is 22.8 Å². The predicted octanol–water partition coefficient (Wildman–Crippen LogP) is 0.960. The third-order valence-corrected chi connectivity index (χ3v) is 5.44. The van der Waals surface area contributed by atoms with Crippen LogP contribution >= 0.6 is 0 Å². The first-order chi connectivity index (χ1) is 8.96. The van der Waals surface area contributed by atoms with E-state index < -0.39 is 15.8 Å². The third kappa shape index (κ3) is 2.22. The molecular formula is C12H15FN2O3S. The summed E-state index contributed by atoms with van der Waals surface area (Å²) < 4.78 is 45.1. The first-order valence-electron chi connectivity index (χ1n) is 6.17. The van der Waals surface area contributed by atoms with Gasteiger partial charge in [-0.05, 0) is 31.0 Å². The van der Waals surface area contributed by atoms with E-state index in [0.717, 1.165) is 18.9 Å². The number of anilines is 1. The first kappa shape index (κ1) is 12.8. The molecule has 0 saturated carbocycles. The summed E-state index contributed by atoms with van der Waals surface area (Å²) in [7, 11) is -3.62. The number of nitrogens with two attached hydrogens (primary N) is 1. The van der Waals surface area contributed by atoms with Crippen LogP contribution in [0.3, 0.4) is 0 Å². The number of halogens is 1. The molecule has 0 amide bonds. The lowest BCUT2D eigenvalue weighted by Gasteiger charge is -2.31. The zero-order chi connectivity index (χ0) is 13.6. The molecule has 2 fully saturated rings. The molecule has 1 aromatic rings. The number of nitrogens with zero attached hydrogens (tertiary/aromatic N) is 1. The van der Waals surface area contributed by atoms with Gasteiger partial charge in [-0.1, -0.05) is 0 Å². The van der Waals surface area contributed by atoms with Crippen molar-refractivity contribution in [2.45, 2.75) is 29.9 Å². The van der Waals surface area contributed by atoms with Gasteiger partial charge in [-0.2, -0.15) is 4.31 Å². The molecule has 2 saturated heterocycles. The number of morpholine rings is 1. The molecule has 0 radical (unpaired) electrons. The van der Waals surface area contributed by atoms with Crippen molar-refractivity contribution >= 4 is 15.7 Å². The van der Waals surface area contributed by atoms with Crippen LogP contribution < -0.4 is 5.73 Å². The number of hydrogen-bond donors (Lipinski definition) is 1. The standard InChI is InChI=1S/C12H15FN2O3S/c13-11-4-3-10(5-12(11)14)19(16,17)15-6-8-1-2-9(7-15)18-8/h3-5,8-9H,1-2,6-7,14H2. The molecule has 0 aromatic heterocycles. The Kier molecular flexibility index (Phi) is 2.99. The average Bonchev–Trinajstić information content (AvgIpc) is 2.71. The summed E-state index contributed by atoms with van der Waals surface area (Å²) in [5, 5.41) is 0. The maximum Gasteiger partial charge on any atom is 0.243 e. The minimum Gasteiger partial charge on any atom is -0.396 e. The van der Waals surface area contributed by atoms with Crippen molar-refractivity contribution in [3.8, 4) is 0 Å². The molecule has 0 aliphatic carbocycles. The van der Waals surface area contributed by atoms with Gasteiger partial charge in [-0.25, -0.2) is 12.8 Å². The molecule has 2 aliphatic heterocycles. The van der Waals surface area contributed by atoms with Gasteiger partial charge in [0.25, 0.3) is 0 Å².